The van der Waals surface area contributed by atoms with Crippen LogP contribution in [0.4, 0.5) is 5.69 Å². The van der Waals surface area contributed by atoms with Crippen LogP contribution < -0.4 is 10.1 Å². The van der Waals surface area contributed by atoms with E-state index >= 15 is 0 Å². The zero-order valence-corrected chi connectivity index (χ0v) is 18.0. The van der Waals surface area contributed by atoms with Crippen molar-refractivity contribution >= 4 is 16.7 Å². The van der Waals surface area contributed by atoms with E-state index in [1.54, 1.807) is 18.0 Å². The number of fused-ring (bicyclic) bond motifs is 1. The minimum Gasteiger partial charge on any atom is -0.481 e. The fourth-order valence-electron chi connectivity index (χ4n) is 3.54. The zero-order valence-electron chi connectivity index (χ0n) is 18.0. The Kier molecular flexibility index (Phi) is 5.39. The molecule has 0 aliphatic heterocycles. The Morgan fingerprint density at radius 2 is 2.07 bits per heavy atom. The van der Waals surface area contributed by atoms with Crippen molar-refractivity contribution in [1.82, 2.24) is 29.5 Å². The van der Waals surface area contributed by atoms with Crippen LogP contribution in [-0.2, 0) is 13.6 Å². The highest BCUT2D eigenvalue weighted by atomic mass is 16.5. The third kappa shape index (κ3) is 3.60. The van der Waals surface area contributed by atoms with Crippen LogP contribution in [0.1, 0.15) is 37.7 Å². The predicted molar refractivity (Wildman–Crippen MR) is 118 cm³/mol. The number of hydrogen-bond donors (Lipinski definition) is 1. The summed E-state index contributed by atoms with van der Waals surface area (Å²) >= 11 is 0. The molecule has 4 aromatic heterocycles. The molecule has 0 aliphatic rings. The maximum absolute atomic E-state index is 5.47. The summed E-state index contributed by atoms with van der Waals surface area (Å²) in [5.74, 6) is 0.548. The van der Waals surface area contributed by atoms with Gasteiger partial charge in [-0.05, 0) is 44.5 Å². The van der Waals surface area contributed by atoms with Gasteiger partial charge in [-0.25, -0.2) is 9.97 Å². The van der Waals surface area contributed by atoms with Crippen LogP contribution in [0.15, 0.2) is 36.7 Å². The van der Waals surface area contributed by atoms with Crippen LogP contribution in [0.3, 0.4) is 0 Å². The van der Waals surface area contributed by atoms with Crippen LogP contribution in [0, 0.1) is 6.92 Å². The number of aryl methyl sites for hydroxylation is 2. The standard InChI is InChI=1S/C22H27N7O/c1-6-14(2)29-21-19(24-13-16-9-11-28(4)27-16)12-18(25-20(21)15(3)26-29)17-8-7-10-23-22(17)30-5/h7-12,14H,6,13H2,1-5H3,(H,24,25). The van der Waals surface area contributed by atoms with E-state index < -0.39 is 0 Å². The molecule has 0 bridgehead atoms. The third-order valence-corrected chi connectivity index (χ3v) is 5.30. The monoisotopic (exact) mass is 405 g/mol. The molecule has 8 nitrogen and oxygen atoms in total. The highest BCUT2D eigenvalue weighted by Crippen LogP contribution is 2.34. The molecule has 0 radical (unpaired) electrons. The molecule has 0 aliphatic carbocycles. The van der Waals surface area contributed by atoms with Gasteiger partial charge in [0.1, 0.15) is 11.0 Å². The lowest BCUT2D eigenvalue weighted by Crippen LogP contribution is -2.09. The highest BCUT2D eigenvalue weighted by molar-refractivity contribution is 5.93. The number of rotatable bonds is 7. The Hall–Kier alpha value is -3.42. The summed E-state index contributed by atoms with van der Waals surface area (Å²) in [7, 11) is 3.54. The molecule has 0 saturated heterocycles. The van der Waals surface area contributed by atoms with Gasteiger partial charge in [0.05, 0.1) is 42.0 Å². The van der Waals surface area contributed by atoms with Gasteiger partial charge in [-0.1, -0.05) is 6.92 Å². The van der Waals surface area contributed by atoms with Gasteiger partial charge in [0.2, 0.25) is 5.88 Å². The smallest absolute Gasteiger partial charge is 0.222 e. The molecule has 0 aromatic carbocycles. The number of anilines is 1. The minimum absolute atomic E-state index is 0.261. The molecular weight excluding hydrogens is 378 g/mol. The van der Waals surface area contributed by atoms with Gasteiger partial charge in [0.15, 0.2) is 0 Å². The van der Waals surface area contributed by atoms with E-state index in [2.05, 4.69) is 33.9 Å². The Bertz CT molecular complexity index is 1180. The summed E-state index contributed by atoms with van der Waals surface area (Å²) in [6.07, 6.45) is 4.64. The molecule has 1 unspecified atom stereocenters. The maximum atomic E-state index is 5.47. The SMILES string of the molecule is CCC(C)n1nc(C)c2nc(-c3cccnc3OC)cc(NCc3ccn(C)n3)c21. The van der Waals surface area contributed by atoms with E-state index in [9.17, 15) is 0 Å². The fourth-order valence-corrected chi connectivity index (χ4v) is 3.54. The molecule has 0 amide bonds. The highest BCUT2D eigenvalue weighted by Gasteiger charge is 2.20. The van der Waals surface area contributed by atoms with Crippen molar-refractivity contribution in [3.63, 3.8) is 0 Å². The summed E-state index contributed by atoms with van der Waals surface area (Å²) in [6, 6.07) is 8.17. The summed E-state index contributed by atoms with van der Waals surface area (Å²) in [6.45, 7) is 6.94. The topological polar surface area (TPSA) is 82.7 Å². The number of hydrogen-bond acceptors (Lipinski definition) is 6. The van der Waals surface area contributed by atoms with Gasteiger partial charge < -0.3 is 10.1 Å². The molecule has 4 rings (SSSR count). The molecule has 156 valence electrons. The van der Waals surface area contributed by atoms with Crippen molar-refractivity contribution in [1.29, 1.82) is 0 Å². The van der Waals surface area contributed by atoms with Gasteiger partial charge >= 0.3 is 0 Å². The predicted octanol–water partition coefficient (Wildman–Crippen LogP) is 4.13. The average Bonchev–Trinajstić information content (AvgIpc) is 3.34. The van der Waals surface area contributed by atoms with Gasteiger partial charge in [0.25, 0.3) is 0 Å². The number of ether oxygens (including phenoxy) is 1. The van der Waals surface area contributed by atoms with Crippen molar-refractivity contribution in [2.75, 3.05) is 12.4 Å². The Labute approximate surface area is 175 Å². The Morgan fingerprint density at radius 1 is 1.23 bits per heavy atom. The summed E-state index contributed by atoms with van der Waals surface area (Å²) in [5, 5.41) is 12.8. The van der Waals surface area contributed by atoms with E-state index in [1.807, 2.05) is 44.4 Å². The van der Waals surface area contributed by atoms with Gasteiger partial charge in [0, 0.05) is 25.5 Å². The number of pyridine rings is 2. The molecule has 8 heteroatoms. The number of nitrogens with one attached hydrogen (secondary N) is 1. The molecule has 4 heterocycles. The minimum atomic E-state index is 0.261. The van der Waals surface area contributed by atoms with Gasteiger partial charge in [-0.3, -0.25) is 9.36 Å². The van der Waals surface area contributed by atoms with Crippen LogP contribution in [-0.4, -0.2) is 36.6 Å². The first kappa shape index (κ1) is 19.9. The van der Waals surface area contributed by atoms with Gasteiger partial charge in [-0.15, -0.1) is 0 Å². The maximum Gasteiger partial charge on any atom is 0.222 e. The van der Waals surface area contributed by atoms with Crippen LogP contribution >= 0.6 is 0 Å². The normalized spacial score (nSPS) is 12.3. The van der Waals surface area contributed by atoms with E-state index in [-0.39, 0.29) is 6.04 Å². The molecule has 30 heavy (non-hydrogen) atoms. The van der Waals surface area contributed by atoms with E-state index in [1.165, 1.54) is 0 Å². The molecule has 0 fully saturated rings. The first-order chi connectivity index (χ1) is 14.5. The largest absolute Gasteiger partial charge is 0.481 e. The summed E-state index contributed by atoms with van der Waals surface area (Å²) < 4.78 is 9.35. The Morgan fingerprint density at radius 3 is 2.77 bits per heavy atom. The average molecular weight is 406 g/mol. The molecule has 4 aromatic rings. The zero-order chi connectivity index (χ0) is 21.3. The van der Waals surface area contributed by atoms with Crippen LogP contribution in [0.2, 0.25) is 0 Å². The van der Waals surface area contributed by atoms with Gasteiger partial charge in [-0.2, -0.15) is 10.2 Å². The quantitative estimate of drug-likeness (QED) is 0.498. The lowest BCUT2D eigenvalue weighted by atomic mass is 10.1. The molecule has 1 atom stereocenters. The Balaban J connectivity index is 1.88. The van der Waals surface area contributed by atoms with Crippen molar-refractivity contribution < 1.29 is 4.74 Å². The van der Waals surface area contributed by atoms with E-state index in [0.717, 1.165) is 45.8 Å². The van der Waals surface area contributed by atoms with Crippen molar-refractivity contribution in [2.45, 2.75) is 39.8 Å². The second-order valence-corrected chi connectivity index (χ2v) is 7.43. The summed E-state index contributed by atoms with van der Waals surface area (Å²) in [4.78, 5) is 9.28. The summed E-state index contributed by atoms with van der Waals surface area (Å²) in [5.41, 5.74) is 6.35. The lowest BCUT2D eigenvalue weighted by molar-refractivity contribution is 0.399. The van der Waals surface area contributed by atoms with E-state index in [4.69, 9.17) is 14.8 Å². The first-order valence-electron chi connectivity index (χ1n) is 10.1. The number of nitrogens with zero attached hydrogens (tertiary/aromatic N) is 6. The van der Waals surface area contributed by atoms with Crippen molar-refractivity contribution in [3.05, 3.63) is 48.0 Å². The third-order valence-electron chi connectivity index (χ3n) is 5.30. The number of aromatic nitrogens is 6. The molecule has 1 N–H and O–H groups in total. The van der Waals surface area contributed by atoms with Crippen LogP contribution in [0.25, 0.3) is 22.3 Å². The van der Waals surface area contributed by atoms with Crippen LogP contribution in [0.5, 0.6) is 5.88 Å². The fraction of sp³-hybridized carbons (Fsp3) is 0.364. The lowest BCUT2D eigenvalue weighted by Gasteiger charge is -2.15. The van der Waals surface area contributed by atoms with Crippen molar-refractivity contribution in [2.24, 2.45) is 7.05 Å². The van der Waals surface area contributed by atoms with Crippen molar-refractivity contribution in [3.8, 4) is 17.1 Å². The van der Waals surface area contributed by atoms with E-state index in [0.29, 0.717) is 12.4 Å². The second-order valence-electron chi connectivity index (χ2n) is 7.43. The molecular formula is C22H27N7O. The second kappa shape index (κ2) is 8.14. The first-order valence-corrected chi connectivity index (χ1v) is 10.1. The molecule has 0 saturated carbocycles. The number of methoxy groups -OCH3 is 1. The molecule has 0 spiro atoms.